The van der Waals surface area contributed by atoms with Crippen LogP contribution in [0.25, 0.3) is 11.0 Å². The highest BCUT2D eigenvalue weighted by Crippen LogP contribution is 2.35. The maximum absolute atomic E-state index is 13.8. The van der Waals surface area contributed by atoms with Crippen LogP contribution in [0.15, 0.2) is 21.0 Å². The molecule has 0 amide bonds. The first-order chi connectivity index (χ1) is 8.08. The van der Waals surface area contributed by atoms with Crippen molar-refractivity contribution >= 4 is 38.5 Å². The Labute approximate surface area is 112 Å². The van der Waals surface area contributed by atoms with Gasteiger partial charge in [-0.3, -0.25) is 0 Å². The van der Waals surface area contributed by atoms with Crippen molar-refractivity contribution in [2.45, 2.75) is 19.4 Å². The second kappa shape index (κ2) is 4.96. The van der Waals surface area contributed by atoms with Gasteiger partial charge in [-0.15, -0.1) is 0 Å². The maximum atomic E-state index is 13.8. The van der Waals surface area contributed by atoms with Gasteiger partial charge in [0.25, 0.3) is 0 Å². The van der Waals surface area contributed by atoms with Gasteiger partial charge in [0.2, 0.25) is 0 Å². The average Bonchev–Trinajstić information content (AvgIpc) is 2.73. The summed E-state index contributed by atoms with van der Waals surface area (Å²) in [7, 11) is 1.85. The summed E-state index contributed by atoms with van der Waals surface area (Å²) >= 11 is 9.11. The second-order valence-electron chi connectivity index (χ2n) is 3.80. The van der Waals surface area contributed by atoms with E-state index >= 15 is 0 Å². The maximum Gasteiger partial charge on any atom is 0.152 e. The molecule has 0 aliphatic carbocycles. The zero-order valence-corrected chi connectivity index (χ0v) is 11.8. The molecule has 17 heavy (non-hydrogen) atoms. The number of hydrogen-bond donors (Lipinski definition) is 1. The van der Waals surface area contributed by atoms with Crippen LogP contribution in [0.5, 0.6) is 0 Å². The molecule has 1 heterocycles. The monoisotopic (exact) mass is 319 g/mol. The van der Waals surface area contributed by atoms with E-state index in [-0.39, 0.29) is 11.1 Å². The SMILES string of the molecule is CCC(NC)c1cc2c(F)c(Cl)cc(Br)c2o1. The van der Waals surface area contributed by atoms with Gasteiger partial charge in [0.15, 0.2) is 11.4 Å². The average molecular weight is 321 g/mol. The van der Waals surface area contributed by atoms with Gasteiger partial charge in [0.1, 0.15) is 5.76 Å². The summed E-state index contributed by atoms with van der Waals surface area (Å²) < 4.78 is 20.2. The smallest absolute Gasteiger partial charge is 0.152 e. The molecule has 0 radical (unpaired) electrons. The Morgan fingerprint density at radius 1 is 1.53 bits per heavy atom. The molecule has 0 aliphatic heterocycles. The standard InChI is InChI=1S/C12H12BrClFNO/c1-3-9(16-2)10-4-6-11(15)8(14)5-7(13)12(6)17-10/h4-5,9,16H,3H2,1-2H3. The first-order valence-corrected chi connectivity index (χ1v) is 6.49. The molecule has 0 spiro atoms. The number of benzene rings is 1. The molecule has 92 valence electrons. The molecule has 0 saturated carbocycles. The number of fused-ring (bicyclic) bond motifs is 1. The normalized spacial score (nSPS) is 13.2. The van der Waals surface area contributed by atoms with Crippen LogP contribution in [-0.2, 0) is 0 Å². The number of hydrogen-bond acceptors (Lipinski definition) is 2. The van der Waals surface area contributed by atoms with Crippen LogP contribution in [-0.4, -0.2) is 7.05 Å². The third-order valence-electron chi connectivity index (χ3n) is 2.77. The van der Waals surface area contributed by atoms with Crippen molar-refractivity contribution in [1.29, 1.82) is 0 Å². The van der Waals surface area contributed by atoms with Crippen molar-refractivity contribution in [3.05, 3.63) is 33.2 Å². The molecule has 2 rings (SSSR count). The van der Waals surface area contributed by atoms with Gasteiger partial charge in [0, 0.05) is 0 Å². The molecule has 2 aromatic rings. The summed E-state index contributed by atoms with van der Waals surface area (Å²) in [5, 5.41) is 3.62. The Balaban J connectivity index is 2.64. The van der Waals surface area contributed by atoms with Crippen LogP contribution in [0.1, 0.15) is 25.1 Å². The van der Waals surface area contributed by atoms with Crippen LogP contribution in [0.3, 0.4) is 0 Å². The van der Waals surface area contributed by atoms with Crippen molar-refractivity contribution in [1.82, 2.24) is 5.32 Å². The summed E-state index contributed by atoms with van der Waals surface area (Å²) in [6.45, 7) is 2.03. The minimum absolute atomic E-state index is 0.0764. The van der Waals surface area contributed by atoms with Gasteiger partial charge in [0.05, 0.1) is 20.9 Å². The molecule has 0 saturated heterocycles. The van der Waals surface area contributed by atoms with Crippen LogP contribution in [0, 0.1) is 5.82 Å². The van der Waals surface area contributed by atoms with Gasteiger partial charge in [-0.2, -0.15) is 0 Å². The van der Waals surface area contributed by atoms with Crippen LogP contribution < -0.4 is 5.32 Å². The third kappa shape index (κ3) is 2.21. The Kier molecular flexibility index (Phi) is 3.76. The number of halogens is 3. The van der Waals surface area contributed by atoms with Crippen molar-refractivity contribution in [2.24, 2.45) is 0 Å². The van der Waals surface area contributed by atoms with E-state index < -0.39 is 5.82 Å². The van der Waals surface area contributed by atoms with Crippen LogP contribution in [0.2, 0.25) is 5.02 Å². The van der Waals surface area contributed by atoms with Crippen LogP contribution >= 0.6 is 27.5 Å². The summed E-state index contributed by atoms with van der Waals surface area (Å²) in [5.41, 5.74) is 0.496. The number of nitrogens with one attached hydrogen (secondary N) is 1. The Bertz CT molecular complexity index is 551. The molecule has 5 heteroatoms. The molecule has 0 fully saturated rings. The van der Waals surface area contributed by atoms with Gasteiger partial charge in [-0.1, -0.05) is 18.5 Å². The van der Waals surface area contributed by atoms with E-state index in [0.29, 0.717) is 21.2 Å². The van der Waals surface area contributed by atoms with E-state index in [1.54, 1.807) is 6.07 Å². The highest BCUT2D eigenvalue weighted by molar-refractivity contribution is 9.10. The fourth-order valence-corrected chi connectivity index (χ4v) is 2.70. The zero-order chi connectivity index (χ0) is 12.6. The molecular formula is C12H12BrClFNO. The van der Waals surface area contributed by atoms with E-state index in [0.717, 1.165) is 6.42 Å². The van der Waals surface area contributed by atoms with Gasteiger partial charge < -0.3 is 9.73 Å². The zero-order valence-electron chi connectivity index (χ0n) is 9.48. The molecule has 1 N–H and O–H groups in total. The van der Waals surface area contributed by atoms with Gasteiger partial charge >= 0.3 is 0 Å². The van der Waals surface area contributed by atoms with Crippen molar-refractivity contribution < 1.29 is 8.81 Å². The predicted octanol–water partition coefficient (Wildman–Crippen LogP) is 4.66. The highest BCUT2D eigenvalue weighted by atomic mass is 79.9. The van der Waals surface area contributed by atoms with E-state index in [4.69, 9.17) is 16.0 Å². The minimum atomic E-state index is -0.439. The minimum Gasteiger partial charge on any atom is -0.458 e. The van der Waals surface area contributed by atoms with Gasteiger partial charge in [-0.05, 0) is 41.5 Å². The molecule has 0 bridgehead atoms. The largest absolute Gasteiger partial charge is 0.458 e. The van der Waals surface area contributed by atoms with Crippen molar-refractivity contribution in [2.75, 3.05) is 7.05 Å². The summed E-state index contributed by atoms with van der Waals surface area (Å²) in [5.74, 6) is 0.276. The second-order valence-corrected chi connectivity index (χ2v) is 5.06. The highest BCUT2D eigenvalue weighted by Gasteiger charge is 2.18. The lowest BCUT2D eigenvalue weighted by Gasteiger charge is -2.09. The lowest BCUT2D eigenvalue weighted by molar-refractivity contribution is 0.443. The molecule has 1 aromatic heterocycles. The number of rotatable bonds is 3. The topological polar surface area (TPSA) is 25.2 Å². The molecule has 1 atom stereocenters. The number of furan rings is 1. The van der Waals surface area contributed by atoms with Crippen LogP contribution in [0.4, 0.5) is 4.39 Å². The summed E-state index contributed by atoms with van der Waals surface area (Å²) in [6, 6.07) is 3.28. The summed E-state index contributed by atoms with van der Waals surface area (Å²) in [4.78, 5) is 0. The molecule has 2 nitrogen and oxygen atoms in total. The molecule has 1 aromatic carbocycles. The lowest BCUT2D eigenvalue weighted by Crippen LogP contribution is -2.14. The molecular weight excluding hydrogens is 308 g/mol. The lowest BCUT2D eigenvalue weighted by atomic mass is 10.1. The Hall–Kier alpha value is -0.580. The van der Waals surface area contributed by atoms with E-state index in [1.807, 2.05) is 14.0 Å². The van der Waals surface area contributed by atoms with Gasteiger partial charge in [-0.25, -0.2) is 4.39 Å². The fraction of sp³-hybridized carbons (Fsp3) is 0.333. The fourth-order valence-electron chi connectivity index (χ4n) is 1.84. The molecule has 0 aliphatic rings. The first-order valence-electron chi connectivity index (χ1n) is 5.32. The summed E-state index contributed by atoms with van der Waals surface area (Å²) in [6.07, 6.45) is 0.864. The van der Waals surface area contributed by atoms with E-state index in [2.05, 4.69) is 21.2 Å². The first kappa shape index (κ1) is 12.9. The molecule has 1 unspecified atom stereocenters. The quantitative estimate of drug-likeness (QED) is 0.832. The van der Waals surface area contributed by atoms with E-state index in [1.165, 1.54) is 6.07 Å². The van der Waals surface area contributed by atoms with Crippen molar-refractivity contribution in [3.63, 3.8) is 0 Å². The third-order valence-corrected chi connectivity index (χ3v) is 3.63. The predicted molar refractivity (Wildman–Crippen MR) is 71.0 cm³/mol. The van der Waals surface area contributed by atoms with Crippen molar-refractivity contribution in [3.8, 4) is 0 Å². The Morgan fingerprint density at radius 3 is 2.82 bits per heavy atom. The van der Waals surface area contributed by atoms with E-state index in [9.17, 15) is 4.39 Å². The Morgan fingerprint density at radius 2 is 2.24 bits per heavy atom.